The van der Waals surface area contributed by atoms with E-state index in [1.165, 1.54) is 32.1 Å². The summed E-state index contributed by atoms with van der Waals surface area (Å²) in [4.78, 5) is 11.9. The van der Waals surface area contributed by atoms with E-state index >= 15 is 0 Å². The number of hydrogen-bond acceptors (Lipinski definition) is 1. The number of carbonyl (C=O) groups is 1. The van der Waals surface area contributed by atoms with Gasteiger partial charge in [-0.05, 0) is 18.6 Å². The Morgan fingerprint density at radius 1 is 0.960 bits per heavy atom. The van der Waals surface area contributed by atoms with Crippen LogP contribution >= 0.6 is 0 Å². The van der Waals surface area contributed by atoms with E-state index in [2.05, 4.69) is 12.2 Å². The largest absolute Gasteiger partial charge is 0.419 e. The van der Waals surface area contributed by atoms with Crippen molar-refractivity contribution in [2.24, 2.45) is 0 Å². The Hall–Kier alpha value is -1.59. The molecule has 0 aromatic heterocycles. The Kier molecular flexibility index (Phi) is 9.53. The second-order valence-electron chi connectivity index (χ2n) is 6.25. The van der Waals surface area contributed by atoms with Gasteiger partial charge in [-0.2, -0.15) is 13.2 Å². The Labute approximate surface area is 147 Å². The lowest BCUT2D eigenvalue weighted by molar-refractivity contribution is -0.140. The van der Waals surface area contributed by atoms with Gasteiger partial charge in [-0.1, -0.05) is 64.4 Å². The molecular formula is C19H27F4NO. The van der Waals surface area contributed by atoms with E-state index in [4.69, 9.17) is 0 Å². The van der Waals surface area contributed by atoms with E-state index in [1.54, 1.807) is 0 Å². The van der Waals surface area contributed by atoms with Crippen molar-refractivity contribution in [1.29, 1.82) is 0 Å². The second kappa shape index (κ2) is 11.1. The zero-order chi connectivity index (χ0) is 18.7. The van der Waals surface area contributed by atoms with Gasteiger partial charge in [0.15, 0.2) is 0 Å². The fourth-order valence-corrected chi connectivity index (χ4v) is 2.66. The summed E-state index contributed by atoms with van der Waals surface area (Å²) in [6, 6.07) is 2.74. The molecule has 1 aromatic carbocycles. The van der Waals surface area contributed by atoms with Crippen LogP contribution < -0.4 is 5.32 Å². The molecule has 0 atom stereocenters. The van der Waals surface area contributed by atoms with Crippen LogP contribution in [0.25, 0.3) is 0 Å². The molecule has 1 aromatic rings. The fourth-order valence-electron chi connectivity index (χ4n) is 2.66. The van der Waals surface area contributed by atoms with Gasteiger partial charge in [0.1, 0.15) is 5.82 Å². The highest BCUT2D eigenvalue weighted by molar-refractivity contribution is 5.94. The summed E-state index contributed by atoms with van der Waals surface area (Å²) in [6.07, 6.45) is 5.33. The van der Waals surface area contributed by atoms with Gasteiger partial charge in [0.2, 0.25) is 0 Å². The molecule has 0 spiro atoms. The van der Waals surface area contributed by atoms with Crippen molar-refractivity contribution in [3.8, 4) is 0 Å². The topological polar surface area (TPSA) is 29.1 Å². The first-order valence-corrected chi connectivity index (χ1v) is 9.01. The van der Waals surface area contributed by atoms with Crippen LogP contribution in [0.3, 0.4) is 0 Å². The monoisotopic (exact) mass is 361 g/mol. The molecule has 0 aliphatic heterocycles. The highest BCUT2D eigenvalue weighted by Crippen LogP contribution is 2.32. The standard InChI is InChI=1S/C19H27F4NO/c1-2-3-4-5-6-7-8-9-10-14-24-18(25)15-12-11-13-16(17(15)20)19(21,22)23/h11-13H,2-10,14H2,1H3,(H,24,25). The highest BCUT2D eigenvalue weighted by atomic mass is 19.4. The van der Waals surface area contributed by atoms with Gasteiger partial charge in [-0.15, -0.1) is 0 Å². The van der Waals surface area contributed by atoms with Gasteiger partial charge >= 0.3 is 6.18 Å². The molecule has 0 fully saturated rings. The van der Waals surface area contributed by atoms with Crippen molar-refractivity contribution in [1.82, 2.24) is 5.32 Å². The quantitative estimate of drug-likeness (QED) is 0.374. The van der Waals surface area contributed by atoms with Crippen LogP contribution in [0.5, 0.6) is 0 Å². The van der Waals surface area contributed by atoms with Crippen molar-refractivity contribution >= 4 is 5.91 Å². The first kappa shape index (κ1) is 21.5. The Morgan fingerprint density at radius 3 is 2.08 bits per heavy atom. The number of benzene rings is 1. The van der Waals surface area contributed by atoms with Gasteiger partial charge in [0.25, 0.3) is 5.91 Å². The van der Waals surface area contributed by atoms with Gasteiger partial charge in [0.05, 0.1) is 11.1 Å². The normalized spacial score (nSPS) is 11.6. The molecular weight excluding hydrogens is 334 g/mol. The number of carbonyl (C=O) groups excluding carboxylic acids is 1. The summed E-state index contributed by atoms with van der Waals surface area (Å²) in [7, 11) is 0. The van der Waals surface area contributed by atoms with Crippen LogP contribution in [0.1, 0.15) is 80.6 Å². The summed E-state index contributed by atoms with van der Waals surface area (Å²) in [6.45, 7) is 2.52. The van der Waals surface area contributed by atoms with Crippen molar-refractivity contribution < 1.29 is 22.4 Å². The van der Waals surface area contributed by atoms with Gasteiger partial charge in [0, 0.05) is 6.54 Å². The molecule has 0 heterocycles. The van der Waals surface area contributed by atoms with Crippen LogP contribution in [0.2, 0.25) is 0 Å². The van der Waals surface area contributed by atoms with Gasteiger partial charge in [-0.25, -0.2) is 4.39 Å². The average molecular weight is 361 g/mol. The zero-order valence-corrected chi connectivity index (χ0v) is 14.7. The summed E-state index contributed by atoms with van der Waals surface area (Å²) in [5.41, 5.74) is -1.98. The Morgan fingerprint density at radius 2 is 1.52 bits per heavy atom. The summed E-state index contributed by atoms with van der Waals surface area (Å²) < 4.78 is 51.8. The SMILES string of the molecule is CCCCCCCCCCCNC(=O)c1cccc(C(F)(F)F)c1F. The summed E-state index contributed by atoms with van der Waals surface area (Å²) in [5.74, 6) is -2.32. The number of halogens is 4. The van der Waals surface area contributed by atoms with Crippen LogP contribution in [0.15, 0.2) is 18.2 Å². The third kappa shape index (κ3) is 7.88. The minimum absolute atomic E-state index is 0.338. The van der Waals surface area contributed by atoms with Crippen molar-refractivity contribution in [3.63, 3.8) is 0 Å². The molecule has 0 aliphatic carbocycles. The van der Waals surface area contributed by atoms with E-state index in [1.807, 2.05) is 0 Å². The second-order valence-corrected chi connectivity index (χ2v) is 6.25. The number of unbranched alkanes of at least 4 members (excludes halogenated alkanes) is 8. The average Bonchev–Trinajstić information content (AvgIpc) is 2.55. The molecule has 1 N–H and O–H groups in total. The molecule has 0 bridgehead atoms. The molecule has 2 nitrogen and oxygen atoms in total. The molecule has 142 valence electrons. The smallest absolute Gasteiger partial charge is 0.352 e. The molecule has 0 radical (unpaired) electrons. The summed E-state index contributed by atoms with van der Waals surface area (Å²) in [5, 5.41) is 2.49. The lowest BCUT2D eigenvalue weighted by atomic mass is 10.1. The number of amides is 1. The minimum Gasteiger partial charge on any atom is -0.352 e. The van der Waals surface area contributed by atoms with Gasteiger partial charge in [-0.3, -0.25) is 4.79 Å². The zero-order valence-electron chi connectivity index (χ0n) is 14.7. The van der Waals surface area contributed by atoms with E-state index in [0.717, 1.165) is 37.8 Å². The van der Waals surface area contributed by atoms with Crippen LogP contribution in [-0.4, -0.2) is 12.5 Å². The molecule has 0 unspecified atom stereocenters. The number of nitrogens with one attached hydrogen (secondary N) is 1. The molecule has 1 rings (SSSR count). The lowest BCUT2D eigenvalue weighted by Crippen LogP contribution is -2.26. The van der Waals surface area contributed by atoms with E-state index < -0.39 is 29.0 Å². The third-order valence-electron chi connectivity index (χ3n) is 4.11. The van der Waals surface area contributed by atoms with Crippen molar-refractivity contribution in [3.05, 3.63) is 35.1 Å². The predicted octanol–water partition coefficient (Wildman–Crippen LogP) is 6.11. The first-order valence-electron chi connectivity index (χ1n) is 9.01. The maximum Gasteiger partial charge on any atom is 0.419 e. The predicted molar refractivity (Wildman–Crippen MR) is 91.0 cm³/mol. The third-order valence-corrected chi connectivity index (χ3v) is 4.11. The van der Waals surface area contributed by atoms with E-state index in [0.29, 0.717) is 12.6 Å². The fraction of sp³-hybridized carbons (Fsp3) is 0.632. The Balaban J connectivity index is 2.27. The van der Waals surface area contributed by atoms with Crippen LogP contribution in [-0.2, 0) is 6.18 Å². The maximum atomic E-state index is 13.8. The number of hydrogen-bond donors (Lipinski definition) is 1. The summed E-state index contributed by atoms with van der Waals surface area (Å²) >= 11 is 0. The van der Waals surface area contributed by atoms with E-state index in [-0.39, 0.29) is 0 Å². The molecule has 25 heavy (non-hydrogen) atoms. The highest BCUT2D eigenvalue weighted by Gasteiger charge is 2.35. The van der Waals surface area contributed by atoms with Crippen LogP contribution in [0.4, 0.5) is 17.6 Å². The lowest BCUT2D eigenvalue weighted by Gasteiger charge is -2.11. The van der Waals surface area contributed by atoms with E-state index in [9.17, 15) is 22.4 Å². The minimum atomic E-state index is -4.81. The van der Waals surface area contributed by atoms with Crippen LogP contribution in [0, 0.1) is 5.82 Å². The number of alkyl halides is 3. The molecule has 6 heteroatoms. The molecule has 0 saturated carbocycles. The molecule has 0 saturated heterocycles. The molecule has 0 aliphatic rings. The van der Waals surface area contributed by atoms with Crippen molar-refractivity contribution in [2.45, 2.75) is 70.9 Å². The maximum absolute atomic E-state index is 13.8. The molecule has 1 amide bonds. The number of rotatable bonds is 11. The first-order chi connectivity index (χ1) is 11.9. The van der Waals surface area contributed by atoms with Gasteiger partial charge < -0.3 is 5.32 Å². The van der Waals surface area contributed by atoms with Crippen molar-refractivity contribution in [2.75, 3.05) is 6.54 Å². The Bertz CT molecular complexity index is 529.